The first-order valence-corrected chi connectivity index (χ1v) is 6.23. The van der Waals surface area contributed by atoms with Crippen LogP contribution in [0.5, 0.6) is 0 Å². The molecule has 0 spiro atoms. The highest BCUT2D eigenvalue weighted by Gasteiger charge is 2.26. The third-order valence-electron chi connectivity index (χ3n) is 3.09. The first kappa shape index (κ1) is 12.0. The molecule has 0 saturated heterocycles. The van der Waals surface area contributed by atoms with Gasteiger partial charge in [0.1, 0.15) is 23.3 Å². The molecule has 0 radical (unpaired) electrons. The van der Waals surface area contributed by atoms with Crippen molar-refractivity contribution in [2.24, 2.45) is 0 Å². The number of anilines is 1. The summed E-state index contributed by atoms with van der Waals surface area (Å²) in [6.07, 6.45) is 3.97. The van der Waals surface area contributed by atoms with E-state index in [-0.39, 0.29) is 6.54 Å². The molecule has 1 heterocycles. The van der Waals surface area contributed by atoms with Crippen LogP contribution in [0.3, 0.4) is 0 Å². The number of benzene rings is 1. The van der Waals surface area contributed by atoms with Crippen LogP contribution in [0.2, 0.25) is 0 Å². The molecule has 3 nitrogen and oxygen atoms in total. The summed E-state index contributed by atoms with van der Waals surface area (Å²) in [5, 5.41) is 3.03. The summed E-state index contributed by atoms with van der Waals surface area (Å²) in [4.78, 5) is 8.59. The van der Waals surface area contributed by atoms with Crippen molar-refractivity contribution in [1.82, 2.24) is 9.97 Å². The number of nitrogens with zero attached hydrogens (tertiary/aromatic N) is 2. The van der Waals surface area contributed by atoms with E-state index < -0.39 is 11.6 Å². The predicted octanol–water partition coefficient (Wildman–Crippen LogP) is 3.24. The van der Waals surface area contributed by atoms with Gasteiger partial charge in [0.25, 0.3) is 0 Å². The minimum absolute atomic E-state index is 0.271. The normalized spacial score (nSPS) is 14.4. The molecule has 3 rings (SSSR count). The molecule has 5 heteroatoms. The third-order valence-corrected chi connectivity index (χ3v) is 3.09. The van der Waals surface area contributed by atoms with E-state index in [4.69, 9.17) is 0 Å². The van der Waals surface area contributed by atoms with E-state index in [1.54, 1.807) is 12.3 Å². The maximum atomic E-state index is 13.5. The van der Waals surface area contributed by atoms with Crippen LogP contribution in [0.4, 0.5) is 14.6 Å². The van der Waals surface area contributed by atoms with Crippen LogP contribution >= 0.6 is 0 Å². The highest BCUT2D eigenvalue weighted by Crippen LogP contribution is 2.38. The van der Waals surface area contributed by atoms with Gasteiger partial charge in [-0.25, -0.2) is 18.7 Å². The molecule has 1 aromatic heterocycles. The largest absolute Gasteiger partial charge is 0.366 e. The summed E-state index contributed by atoms with van der Waals surface area (Å²) in [6, 6.07) is 5.30. The van der Waals surface area contributed by atoms with Gasteiger partial charge in [0.05, 0.1) is 0 Å². The number of hydrogen-bond acceptors (Lipinski definition) is 3. The summed E-state index contributed by atoms with van der Waals surface area (Å²) >= 11 is 0. The van der Waals surface area contributed by atoms with Crippen LogP contribution in [-0.2, 0) is 6.54 Å². The van der Waals surface area contributed by atoms with Crippen LogP contribution in [0.1, 0.15) is 30.1 Å². The lowest BCUT2D eigenvalue weighted by Crippen LogP contribution is -2.05. The molecule has 1 aliphatic carbocycles. The van der Waals surface area contributed by atoms with Crippen molar-refractivity contribution in [3.63, 3.8) is 0 Å². The SMILES string of the molecule is Fc1ccc(CNc2ccnc(C3CC3)n2)c(F)c1. The maximum Gasteiger partial charge on any atom is 0.133 e. The van der Waals surface area contributed by atoms with Gasteiger partial charge in [-0.15, -0.1) is 0 Å². The average Bonchev–Trinajstić information content (AvgIpc) is 3.22. The Balaban J connectivity index is 1.69. The lowest BCUT2D eigenvalue weighted by atomic mass is 10.2. The lowest BCUT2D eigenvalue weighted by Gasteiger charge is -2.07. The monoisotopic (exact) mass is 261 g/mol. The minimum Gasteiger partial charge on any atom is -0.366 e. The van der Waals surface area contributed by atoms with Crippen LogP contribution < -0.4 is 5.32 Å². The minimum atomic E-state index is -0.570. The van der Waals surface area contributed by atoms with Gasteiger partial charge in [0.2, 0.25) is 0 Å². The summed E-state index contributed by atoms with van der Waals surface area (Å²) in [6.45, 7) is 0.271. The fourth-order valence-electron chi connectivity index (χ4n) is 1.86. The molecule has 1 fully saturated rings. The molecule has 1 N–H and O–H groups in total. The molecule has 2 aromatic rings. The molecule has 1 aromatic carbocycles. The van der Waals surface area contributed by atoms with E-state index in [1.165, 1.54) is 12.1 Å². The van der Waals surface area contributed by atoms with Crippen molar-refractivity contribution in [3.8, 4) is 0 Å². The van der Waals surface area contributed by atoms with Crippen LogP contribution in [0, 0.1) is 11.6 Å². The predicted molar refractivity (Wildman–Crippen MR) is 67.7 cm³/mol. The molecular weight excluding hydrogens is 248 g/mol. The molecule has 1 saturated carbocycles. The van der Waals surface area contributed by atoms with Gasteiger partial charge in [0, 0.05) is 30.3 Å². The van der Waals surface area contributed by atoms with Gasteiger partial charge in [0.15, 0.2) is 0 Å². The smallest absolute Gasteiger partial charge is 0.133 e. The van der Waals surface area contributed by atoms with Gasteiger partial charge in [-0.1, -0.05) is 6.07 Å². The van der Waals surface area contributed by atoms with Gasteiger partial charge in [-0.2, -0.15) is 0 Å². The average molecular weight is 261 g/mol. The summed E-state index contributed by atoms with van der Waals surface area (Å²) < 4.78 is 26.2. The number of hydrogen-bond donors (Lipinski definition) is 1. The number of rotatable bonds is 4. The number of halogens is 2. The molecule has 0 amide bonds. The third kappa shape index (κ3) is 2.86. The Morgan fingerprint density at radius 2 is 2.05 bits per heavy atom. The first-order chi connectivity index (χ1) is 9.22. The molecule has 0 bridgehead atoms. The standard InChI is InChI=1S/C14H13F2N3/c15-11-4-3-10(12(16)7-11)8-18-13-5-6-17-14(19-13)9-1-2-9/h3-7,9H,1-2,8H2,(H,17,18,19). The second-order valence-electron chi connectivity index (χ2n) is 4.66. The number of nitrogens with one attached hydrogen (secondary N) is 1. The van der Waals surface area contributed by atoms with E-state index in [1.807, 2.05) is 0 Å². The topological polar surface area (TPSA) is 37.8 Å². The van der Waals surface area contributed by atoms with Gasteiger partial charge in [-0.05, 0) is 25.0 Å². The zero-order valence-electron chi connectivity index (χ0n) is 10.2. The van der Waals surface area contributed by atoms with Gasteiger partial charge >= 0.3 is 0 Å². The second-order valence-corrected chi connectivity index (χ2v) is 4.66. The second kappa shape index (κ2) is 4.91. The van der Waals surface area contributed by atoms with Gasteiger partial charge in [-0.3, -0.25) is 0 Å². The van der Waals surface area contributed by atoms with E-state index in [0.29, 0.717) is 17.3 Å². The molecular formula is C14H13F2N3. The highest BCUT2D eigenvalue weighted by molar-refractivity contribution is 5.35. The number of aromatic nitrogens is 2. The Morgan fingerprint density at radius 3 is 2.79 bits per heavy atom. The maximum absolute atomic E-state index is 13.5. The fraction of sp³-hybridized carbons (Fsp3) is 0.286. The Bertz CT molecular complexity index is 597. The Hall–Kier alpha value is -2.04. The molecule has 19 heavy (non-hydrogen) atoms. The highest BCUT2D eigenvalue weighted by atomic mass is 19.1. The van der Waals surface area contributed by atoms with Crippen LogP contribution in [-0.4, -0.2) is 9.97 Å². The van der Waals surface area contributed by atoms with E-state index >= 15 is 0 Å². The summed E-state index contributed by atoms with van der Waals surface area (Å²) in [5.74, 6) is 0.859. The van der Waals surface area contributed by atoms with Crippen LogP contribution in [0.15, 0.2) is 30.5 Å². The summed E-state index contributed by atoms with van der Waals surface area (Å²) in [7, 11) is 0. The van der Waals surface area contributed by atoms with Crippen molar-refractivity contribution in [2.75, 3.05) is 5.32 Å². The van der Waals surface area contributed by atoms with E-state index in [2.05, 4.69) is 15.3 Å². The fourth-order valence-corrected chi connectivity index (χ4v) is 1.86. The molecule has 1 aliphatic rings. The van der Waals surface area contributed by atoms with Crippen molar-refractivity contribution >= 4 is 5.82 Å². The summed E-state index contributed by atoms with van der Waals surface area (Å²) in [5.41, 5.74) is 0.410. The first-order valence-electron chi connectivity index (χ1n) is 6.23. The van der Waals surface area contributed by atoms with Crippen molar-refractivity contribution in [2.45, 2.75) is 25.3 Å². The van der Waals surface area contributed by atoms with Crippen LogP contribution in [0.25, 0.3) is 0 Å². The zero-order valence-corrected chi connectivity index (χ0v) is 10.2. The molecule has 0 atom stereocenters. The molecule has 98 valence electrons. The molecule has 0 aliphatic heterocycles. The quantitative estimate of drug-likeness (QED) is 0.918. The Kier molecular flexibility index (Phi) is 3.11. The van der Waals surface area contributed by atoms with Crippen molar-refractivity contribution < 1.29 is 8.78 Å². The zero-order chi connectivity index (χ0) is 13.2. The Morgan fingerprint density at radius 1 is 1.21 bits per heavy atom. The van der Waals surface area contributed by atoms with Crippen molar-refractivity contribution in [3.05, 3.63) is 53.5 Å². The van der Waals surface area contributed by atoms with Crippen molar-refractivity contribution in [1.29, 1.82) is 0 Å². The Labute approximate surface area is 109 Å². The van der Waals surface area contributed by atoms with E-state index in [9.17, 15) is 8.78 Å². The van der Waals surface area contributed by atoms with Gasteiger partial charge < -0.3 is 5.32 Å². The lowest BCUT2D eigenvalue weighted by molar-refractivity contribution is 0.574. The molecule has 0 unspecified atom stereocenters. The van der Waals surface area contributed by atoms with E-state index in [0.717, 1.165) is 24.7 Å².